The van der Waals surface area contributed by atoms with Crippen molar-refractivity contribution in [1.29, 1.82) is 0 Å². The summed E-state index contributed by atoms with van der Waals surface area (Å²) in [5.41, 5.74) is -0.741. The van der Waals surface area contributed by atoms with Crippen LogP contribution < -0.4 is 0 Å². The van der Waals surface area contributed by atoms with Gasteiger partial charge in [-0.25, -0.2) is 4.79 Å². The quantitative estimate of drug-likeness (QED) is 0.871. The fourth-order valence-corrected chi connectivity index (χ4v) is 3.89. The van der Waals surface area contributed by atoms with Crippen LogP contribution in [0.1, 0.15) is 52.4 Å². The maximum Gasteiger partial charge on any atom is 0.320 e. The molecule has 1 heterocycles. The molecule has 3 unspecified atom stereocenters. The highest BCUT2D eigenvalue weighted by Crippen LogP contribution is 2.35. The van der Waals surface area contributed by atoms with Crippen molar-refractivity contribution < 1.29 is 14.7 Å². The number of hydrogen-bond donors (Lipinski definition) is 1. The monoisotopic (exact) mass is 296 g/mol. The molecule has 5 nitrogen and oxygen atoms in total. The molecule has 3 atom stereocenters. The van der Waals surface area contributed by atoms with Gasteiger partial charge in [0.25, 0.3) is 0 Å². The fourth-order valence-electron chi connectivity index (χ4n) is 3.89. The number of nitrogens with zero attached hydrogens (tertiary/aromatic N) is 2. The number of urea groups is 1. The first kappa shape index (κ1) is 16.1. The SMILES string of the molecule is CCC1(C(=O)O)CCN(C(=O)N(C)C2CCCCC2C)C1. The van der Waals surface area contributed by atoms with Gasteiger partial charge in [0.05, 0.1) is 5.41 Å². The van der Waals surface area contributed by atoms with Gasteiger partial charge in [-0.15, -0.1) is 0 Å². The van der Waals surface area contributed by atoms with Gasteiger partial charge in [0.2, 0.25) is 0 Å². The van der Waals surface area contributed by atoms with Crippen LogP contribution in [-0.2, 0) is 4.79 Å². The average molecular weight is 296 g/mol. The van der Waals surface area contributed by atoms with Crippen molar-refractivity contribution >= 4 is 12.0 Å². The summed E-state index contributed by atoms with van der Waals surface area (Å²) in [4.78, 5) is 27.8. The third-order valence-corrected chi connectivity index (χ3v) is 5.62. The maximum atomic E-state index is 12.7. The summed E-state index contributed by atoms with van der Waals surface area (Å²) in [7, 11) is 1.88. The lowest BCUT2D eigenvalue weighted by Crippen LogP contribution is -2.49. The summed E-state index contributed by atoms with van der Waals surface area (Å²) in [6.07, 6.45) is 5.82. The van der Waals surface area contributed by atoms with Crippen molar-refractivity contribution in [2.75, 3.05) is 20.1 Å². The minimum absolute atomic E-state index is 0.00493. The van der Waals surface area contributed by atoms with Gasteiger partial charge in [-0.2, -0.15) is 0 Å². The van der Waals surface area contributed by atoms with Gasteiger partial charge < -0.3 is 14.9 Å². The molecule has 1 N–H and O–H groups in total. The largest absolute Gasteiger partial charge is 0.481 e. The summed E-state index contributed by atoms with van der Waals surface area (Å²) in [5, 5.41) is 9.44. The smallest absolute Gasteiger partial charge is 0.320 e. The van der Waals surface area contributed by atoms with E-state index in [1.807, 2.05) is 18.9 Å². The molecule has 2 aliphatic rings. The van der Waals surface area contributed by atoms with E-state index in [-0.39, 0.29) is 6.03 Å². The van der Waals surface area contributed by atoms with E-state index in [2.05, 4.69) is 6.92 Å². The zero-order valence-electron chi connectivity index (χ0n) is 13.5. The molecule has 0 bridgehead atoms. The van der Waals surface area contributed by atoms with Crippen molar-refractivity contribution in [2.24, 2.45) is 11.3 Å². The van der Waals surface area contributed by atoms with E-state index in [0.717, 1.165) is 6.42 Å². The van der Waals surface area contributed by atoms with Crippen molar-refractivity contribution in [3.05, 3.63) is 0 Å². The van der Waals surface area contributed by atoms with E-state index in [0.29, 0.717) is 37.9 Å². The summed E-state index contributed by atoms with van der Waals surface area (Å²) in [5.74, 6) is -0.236. The van der Waals surface area contributed by atoms with Gasteiger partial charge in [-0.05, 0) is 31.6 Å². The van der Waals surface area contributed by atoms with Crippen LogP contribution in [0, 0.1) is 11.3 Å². The predicted octanol–water partition coefficient (Wildman–Crippen LogP) is 2.80. The predicted molar refractivity (Wildman–Crippen MR) is 81.1 cm³/mol. The van der Waals surface area contributed by atoms with Gasteiger partial charge in [0.1, 0.15) is 0 Å². The maximum absolute atomic E-state index is 12.7. The third kappa shape index (κ3) is 3.01. The van der Waals surface area contributed by atoms with Crippen LogP contribution in [0.15, 0.2) is 0 Å². The van der Waals surface area contributed by atoms with Crippen LogP contribution in [0.3, 0.4) is 0 Å². The van der Waals surface area contributed by atoms with Gasteiger partial charge in [-0.3, -0.25) is 4.79 Å². The molecular formula is C16H28N2O3. The number of carboxylic acids is 1. The summed E-state index contributed by atoms with van der Waals surface area (Å²) in [6.45, 7) is 5.02. The Kier molecular flexibility index (Phi) is 4.79. The molecule has 2 amide bonds. The van der Waals surface area contributed by atoms with Gasteiger partial charge in [0.15, 0.2) is 0 Å². The molecule has 0 spiro atoms. The number of rotatable bonds is 3. The van der Waals surface area contributed by atoms with E-state index in [1.54, 1.807) is 4.90 Å². The number of hydrogen-bond acceptors (Lipinski definition) is 2. The minimum Gasteiger partial charge on any atom is -0.481 e. The van der Waals surface area contributed by atoms with Crippen LogP contribution in [0.2, 0.25) is 0 Å². The normalized spacial score (nSPS) is 33.0. The Balaban J connectivity index is 2.02. The van der Waals surface area contributed by atoms with Crippen LogP contribution in [-0.4, -0.2) is 53.1 Å². The second-order valence-electron chi connectivity index (χ2n) is 6.83. The molecule has 5 heteroatoms. The minimum atomic E-state index is -0.769. The molecule has 0 aromatic carbocycles. The highest BCUT2D eigenvalue weighted by Gasteiger charge is 2.46. The van der Waals surface area contributed by atoms with Crippen molar-refractivity contribution in [3.8, 4) is 0 Å². The lowest BCUT2D eigenvalue weighted by atomic mass is 9.84. The Morgan fingerprint density at radius 1 is 1.33 bits per heavy atom. The Labute approximate surface area is 127 Å². The van der Waals surface area contributed by atoms with Crippen molar-refractivity contribution in [3.63, 3.8) is 0 Å². The lowest BCUT2D eigenvalue weighted by Gasteiger charge is -2.38. The first-order valence-electron chi connectivity index (χ1n) is 8.16. The molecule has 120 valence electrons. The highest BCUT2D eigenvalue weighted by molar-refractivity contribution is 5.79. The first-order valence-corrected chi connectivity index (χ1v) is 8.16. The zero-order valence-corrected chi connectivity index (χ0v) is 13.5. The van der Waals surface area contributed by atoms with Crippen LogP contribution in [0.4, 0.5) is 4.79 Å². The number of aliphatic carboxylic acids is 1. The van der Waals surface area contributed by atoms with Crippen LogP contribution >= 0.6 is 0 Å². The van der Waals surface area contributed by atoms with E-state index in [4.69, 9.17) is 0 Å². The van der Waals surface area contributed by atoms with Gasteiger partial charge in [0, 0.05) is 26.2 Å². The molecule has 0 aromatic heterocycles. The zero-order chi connectivity index (χ0) is 15.6. The fraction of sp³-hybridized carbons (Fsp3) is 0.875. The van der Waals surface area contributed by atoms with Gasteiger partial charge >= 0.3 is 12.0 Å². The Morgan fingerprint density at radius 3 is 2.52 bits per heavy atom. The first-order chi connectivity index (χ1) is 9.91. The Hall–Kier alpha value is -1.26. The van der Waals surface area contributed by atoms with Crippen LogP contribution in [0.25, 0.3) is 0 Å². The summed E-state index contributed by atoms with van der Waals surface area (Å²) >= 11 is 0. The number of likely N-dealkylation sites (tertiary alicyclic amines) is 1. The van der Waals surface area contributed by atoms with E-state index in [1.165, 1.54) is 19.3 Å². The molecule has 1 aliphatic heterocycles. The summed E-state index contributed by atoms with van der Waals surface area (Å²) < 4.78 is 0. The number of carbonyl (C=O) groups is 2. The lowest BCUT2D eigenvalue weighted by molar-refractivity contribution is -0.148. The molecule has 1 saturated carbocycles. The van der Waals surface area contributed by atoms with E-state index < -0.39 is 11.4 Å². The average Bonchev–Trinajstić information content (AvgIpc) is 2.92. The second kappa shape index (κ2) is 6.24. The van der Waals surface area contributed by atoms with Gasteiger partial charge in [-0.1, -0.05) is 26.7 Å². The molecule has 2 fully saturated rings. The molecule has 1 aliphatic carbocycles. The van der Waals surface area contributed by atoms with Crippen molar-refractivity contribution in [2.45, 2.75) is 58.4 Å². The molecule has 1 saturated heterocycles. The molecule has 2 rings (SSSR count). The Morgan fingerprint density at radius 2 is 2.00 bits per heavy atom. The van der Waals surface area contributed by atoms with E-state index in [9.17, 15) is 14.7 Å². The van der Waals surface area contributed by atoms with Crippen LogP contribution in [0.5, 0.6) is 0 Å². The highest BCUT2D eigenvalue weighted by atomic mass is 16.4. The molecule has 0 radical (unpaired) electrons. The summed E-state index contributed by atoms with van der Waals surface area (Å²) in [6, 6.07) is 0.304. The van der Waals surface area contributed by atoms with E-state index >= 15 is 0 Å². The second-order valence-corrected chi connectivity index (χ2v) is 6.83. The number of carbonyl (C=O) groups excluding carboxylic acids is 1. The third-order valence-electron chi connectivity index (χ3n) is 5.62. The number of carboxylic acid groups (broad SMARTS) is 1. The topological polar surface area (TPSA) is 60.9 Å². The molecular weight excluding hydrogens is 268 g/mol. The molecule has 0 aromatic rings. The number of amides is 2. The standard InChI is InChI=1S/C16H28N2O3/c1-4-16(14(19)20)9-10-18(11-16)15(21)17(3)13-8-6-5-7-12(13)2/h12-13H,4-11H2,1-3H3,(H,19,20). The molecule has 21 heavy (non-hydrogen) atoms. The Bertz CT molecular complexity index is 412. The van der Waals surface area contributed by atoms with Crippen molar-refractivity contribution in [1.82, 2.24) is 9.80 Å².